The summed E-state index contributed by atoms with van der Waals surface area (Å²) in [5, 5.41) is 9.61. The summed E-state index contributed by atoms with van der Waals surface area (Å²) in [6, 6.07) is 2.33. The summed E-state index contributed by atoms with van der Waals surface area (Å²) in [6.07, 6.45) is -0.834. The number of aliphatic carboxylic acids is 1. The Kier molecular flexibility index (Phi) is 7.17. The first-order valence-electron chi connectivity index (χ1n) is 7.85. The van der Waals surface area contributed by atoms with E-state index in [1.54, 1.807) is 27.7 Å². The predicted molar refractivity (Wildman–Crippen MR) is 88.6 cm³/mol. The topological polar surface area (TPSA) is 85.3 Å². The number of hydrogen-bond acceptors (Lipinski definition) is 5. The van der Waals surface area contributed by atoms with Crippen LogP contribution in [0, 0.1) is 0 Å². The second-order valence-electron chi connectivity index (χ2n) is 6.30. The lowest BCUT2D eigenvalue weighted by Gasteiger charge is -2.31. The molecule has 1 amide bonds. The molecule has 7 nitrogen and oxygen atoms in total. The second-order valence-corrected chi connectivity index (χ2v) is 6.30. The highest BCUT2D eigenvalue weighted by Crippen LogP contribution is 2.34. The van der Waals surface area contributed by atoms with Crippen molar-refractivity contribution in [3.63, 3.8) is 0 Å². The van der Waals surface area contributed by atoms with E-state index < -0.39 is 30.3 Å². The van der Waals surface area contributed by atoms with Gasteiger partial charge in [-0.2, -0.15) is 8.78 Å². The fourth-order valence-electron chi connectivity index (χ4n) is 2.24. The number of halogens is 2. The number of methoxy groups -OCH3 is 1. The van der Waals surface area contributed by atoms with Crippen molar-refractivity contribution >= 4 is 12.1 Å². The van der Waals surface area contributed by atoms with E-state index in [0.29, 0.717) is 0 Å². The smallest absolute Gasteiger partial charge is 0.411 e. The first kappa shape index (κ1) is 21.5. The number of carboxylic acids is 1. The Balaban J connectivity index is 3.31. The molecule has 0 aliphatic carbocycles. The average molecular weight is 375 g/mol. The van der Waals surface area contributed by atoms with Crippen LogP contribution in [0.3, 0.4) is 0 Å². The third-order valence-electron chi connectivity index (χ3n) is 3.23. The first-order chi connectivity index (χ1) is 12.0. The van der Waals surface area contributed by atoms with Gasteiger partial charge in [-0.15, -0.1) is 0 Å². The quantitative estimate of drug-likeness (QED) is 0.783. The maximum absolute atomic E-state index is 12.6. The van der Waals surface area contributed by atoms with Crippen LogP contribution in [0.1, 0.15) is 39.3 Å². The minimum absolute atomic E-state index is 0.0125. The van der Waals surface area contributed by atoms with Crippen molar-refractivity contribution in [3.05, 3.63) is 23.8 Å². The number of likely N-dealkylation sites (N-methyl/N-ethyl adjacent to an activating group) is 1. The summed E-state index contributed by atoms with van der Waals surface area (Å²) >= 11 is 0. The fraction of sp³-hybridized carbons (Fsp3) is 0.529. The van der Waals surface area contributed by atoms with Crippen LogP contribution >= 0.6 is 0 Å². The molecule has 0 radical (unpaired) electrons. The van der Waals surface area contributed by atoms with Gasteiger partial charge in [-0.05, 0) is 45.4 Å². The molecule has 1 aromatic rings. The Morgan fingerprint density at radius 2 is 1.85 bits per heavy atom. The van der Waals surface area contributed by atoms with E-state index in [9.17, 15) is 23.5 Å². The molecule has 0 saturated carbocycles. The summed E-state index contributed by atoms with van der Waals surface area (Å²) in [6.45, 7) is 3.45. The lowest BCUT2D eigenvalue weighted by atomic mass is 10.0. The standard InChI is InChI=1S/C17H23F2NO6/c1-6-20(16(23)26-17(2,3)4)13(14(21)22)10-7-8-11(24-5)12(9-10)25-15(18)19/h7-9,13,15H,6H2,1-5H3,(H,21,22). The molecule has 0 aliphatic heterocycles. The number of carbonyl (C=O) groups excluding carboxylic acids is 1. The predicted octanol–water partition coefficient (Wildman–Crippen LogP) is 3.68. The van der Waals surface area contributed by atoms with E-state index in [-0.39, 0.29) is 23.6 Å². The van der Waals surface area contributed by atoms with Gasteiger partial charge in [-0.1, -0.05) is 6.07 Å². The third-order valence-corrected chi connectivity index (χ3v) is 3.23. The molecule has 1 unspecified atom stereocenters. The summed E-state index contributed by atoms with van der Waals surface area (Å²) in [7, 11) is 1.26. The van der Waals surface area contributed by atoms with Crippen LogP contribution in [-0.4, -0.2) is 47.9 Å². The number of amides is 1. The van der Waals surface area contributed by atoms with E-state index in [2.05, 4.69) is 4.74 Å². The van der Waals surface area contributed by atoms with Crippen LogP contribution in [0.25, 0.3) is 0 Å². The number of ether oxygens (including phenoxy) is 3. The van der Waals surface area contributed by atoms with E-state index >= 15 is 0 Å². The summed E-state index contributed by atoms with van der Waals surface area (Å²) in [4.78, 5) is 25.1. The summed E-state index contributed by atoms with van der Waals surface area (Å²) < 4.78 is 39.7. The molecule has 1 rings (SSSR count). The van der Waals surface area contributed by atoms with Gasteiger partial charge < -0.3 is 19.3 Å². The molecule has 0 saturated heterocycles. The maximum atomic E-state index is 12.6. The van der Waals surface area contributed by atoms with Crippen LogP contribution < -0.4 is 9.47 Å². The molecule has 1 atom stereocenters. The van der Waals surface area contributed by atoms with Gasteiger partial charge in [0.05, 0.1) is 7.11 Å². The molecular formula is C17H23F2NO6. The van der Waals surface area contributed by atoms with Crippen molar-refractivity contribution in [2.24, 2.45) is 0 Å². The molecule has 26 heavy (non-hydrogen) atoms. The SMILES string of the molecule is CCN(C(=O)OC(C)(C)C)C(C(=O)O)c1ccc(OC)c(OC(F)F)c1. The molecule has 0 fully saturated rings. The van der Waals surface area contributed by atoms with Gasteiger partial charge in [0.25, 0.3) is 0 Å². The summed E-state index contributed by atoms with van der Waals surface area (Å²) in [5.74, 6) is -1.66. The average Bonchev–Trinajstić information content (AvgIpc) is 2.49. The molecule has 0 spiro atoms. The van der Waals surface area contributed by atoms with Crippen molar-refractivity contribution in [2.75, 3.05) is 13.7 Å². The van der Waals surface area contributed by atoms with Gasteiger partial charge in [0, 0.05) is 6.54 Å². The van der Waals surface area contributed by atoms with Gasteiger partial charge >= 0.3 is 18.7 Å². The Labute approximate surface area is 150 Å². The largest absolute Gasteiger partial charge is 0.493 e. The van der Waals surface area contributed by atoms with Gasteiger partial charge in [0.15, 0.2) is 17.5 Å². The van der Waals surface area contributed by atoms with Gasteiger partial charge in [0.2, 0.25) is 0 Å². The van der Waals surface area contributed by atoms with E-state index in [4.69, 9.17) is 9.47 Å². The second kappa shape index (κ2) is 8.68. The van der Waals surface area contributed by atoms with Gasteiger partial charge in [-0.3, -0.25) is 4.90 Å². The first-order valence-corrected chi connectivity index (χ1v) is 7.85. The minimum atomic E-state index is -3.12. The van der Waals surface area contributed by atoms with E-state index in [1.807, 2.05) is 0 Å². The molecule has 0 heterocycles. The molecule has 0 aromatic heterocycles. The number of hydrogen-bond donors (Lipinski definition) is 1. The Morgan fingerprint density at radius 1 is 1.23 bits per heavy atom. The zero-order chi connectivity index (χ0) is 20.1. The summed E-state index contributed by atoms with van der Waals surface area (Å²) in [5.41, 5.74) is -0.751. The van der Waals surface area contributed by atoms with Crippen molar-refractivity contribution in [3.8, 4) is 11.5 Å². The Bertz CT molecular complexity index is 645. The Hall–Kier alpha value is -2.58. The molecular weight excluding hydrogens is 352 g/mol. The molecule has 0 aliphatic rings. The zero-order valence-electron chi connectivity index (χ0n) is 15.3. The third kappa shape index (κ3) is 5.75. The molecule has 1 N–H and O–H groups in total. The van der Waals surface area contributed by atoms with E-state index in [0.717, 1.165) is 11.0 Å². The highest BCUT2D eigenvalue weighted by Gasteiger charge is 2.34. The molecule has 0 bridgehead atoms. The number of carboxylic acid groups (broad SMARTS) is 1. The van der Waals surface area contributed by atoms with Gasteiger partial charge in [0.1, 0.15) is 5.60 Å². The lowest BCUT2D eigenvalue weighted by molar-refractivity contribution is -0.143. The van der Waals surface area contributed by atoms with Crippen LogP contribution in [0.15, 0.2) is 18.2 Å². The number of rotatable bonds is 7. The molecule has 146 valence electrons. The minimum Gasteiger partial charge on any atom is -0.493 e. The molecule has 1 aromatic carbocycles. The molecule has 9 heteroatoms. The monoisotopic (exact) mass is 375 g/mol. The number of nitrogens with zero attached hydrogens (tertiary/aromatic N) is 1. The number of benzene rings is 1. The van der Waals surface area contributed by atoms with Crippen LogP contribution in [0.4, 0.5) is 13.6 Å². The van der Waals surface area contributed by atoms with Crippen LogP contribution in [0.5, 0.6) is 11.5 Å². The van der Waals surface area contributed by atoms with Gasteiger partial charge in [-0.25, -0.2) is 9.59 Å². The lowest BCUT2D eigenvalue weighted by Crippen LogP contribution is -2.42. The highest BCUT2D eigenvalue weighted by atomic mass is 19.3. The zero-order valence-corrected chi connectivity index (χ0v) is 15.3. The van der Waals surface area contributed by atoms with Crippen molar-refractivity contribution in [1.29, 1.82) is 0 Å². The van der Waals surface area contributed by atoms with Crippen molar-refractivity contribution < 1.29 is 37.7 Å². The van der Waals surface area contributed by atoms with Crippen LogP contribution in [0.2, 0.25) is 0 Å². The Morgan fingerprint density at radius 3 is 2.27 bits per heavy atom. The maximum Gasteiger partial charge on any atom is 0.411 e. The number of carbonyl (C=O) groups is 2. The normalized spacial score (nSPS) is 12.5. The van der Waals surface area contributed by atoms with Crippen LogP contribution in [-0.2, 0) is 9.53 Å². The van der Waals surface area contributed by atoms with Crippen molar-refractivity contribution in [1.82, 2.24) is 4.90 Å². The highest BCUT2D eigenvalue weighted by molar-refractivity contribution is 5.82. The number of alkyl halides is 2. The van der Waals surface area contributed by atoms with E-state index in [1.165, 1.54) is 19.2 Å². The van der Waals surface area contributed by atoms with Crippen molar-refractivity contribution in [2.45, 2.75) is 45.9 Å². The fourth-order valence-corrected chi connectivity index (χ4v) is 2.24.